The number of rotatable bonds is 9. The standard InChI is InChI=1S/C17H23FO4/c1-5-11(4)16(19)15(18)17(20)12-8-13(21-6-2)10-14(9-12)22-7-3/h8-11,15H,5-7H2,1-4H3. The molecular formula is C17H23FO4. The summed E-state index contributed by atoms with van der Waals surface area (Å²) in [5.41, 5.74) is 0.0820. The van der Waals surface area contributed by atoms with E-state index in [9.17, 15) is 14.0 Å². The molecule has 4 nitrogen and oxygen atoms in total. The van der Waals surface area contributed by atoms with E-state index in [2.05, 4.69) is 0 Å². The van der Waals surface area contributed by atoms with Crippen LogP contribution in [-0.4, -0.2) is 31.0 Å². The van der Waals surface area contributed by atoms with Crippen molar-refractivity contribution in [1.29, 1.82) is 0 Å². The van der Waals surface area contributed by atoms with Crippen molar-refractivity contribution in [2.24, 2.45) is 5.92 Å². The Morgan fingerprint density at radius 3 is 1.95 bits per heavy atom. The minimum absolute atomic E-state index is 0.0820. The van der Waals surface area contributed by atoms with E-state index < -0.39 is 23.7 Å². The molecule has 0 saturated heterocycles. The van der Waals surface area contributed by atoms with Crippen LogP contribution in [0.15, 0.2) is 18.2 Å². The van der Waals surface area contributed by atoms with Crippen LogP contribution in [0.3, 0.4) is 0 Å². The molecule has 1 aromatic rings. The predicted molar refractivity (Wildman–Crippen MR) is 82.5 cm³/mol. The van der Waals surface area contributed by atoms with Gasteiger partial charge in [-0.2, -0.15) is 0 Å². The summed E-state index contributed by atoms with van der Waals surface area (Å²) in [5.74, 6) is -1.19. The van der Waals surface area contributed by atoms with Crippen molar-refractivity contribution in [2.75, 3.05) is 13.2 Å². The molecule has 0 amide bonds. The second-order valence-electron chi connectivity index (χ2n) is 5.00. The van der Waals surface area contributed by atoms with Gasteiger partial charge in [-0.15, -0.1) is 0 Å². The van der Waals surface area contributed by atoms with Crippen molar-refractivity contribution >= 4 is 11.6 Å². The molecule has 0 bridgehead atoms. The molecule has 0 saturated carbocycles. The van der Waals surface area contributed by atoms with Crippen LogP contribution in [0.4, 0.5) is 4.39 Å². The molecule has 0 heterocycles. The fourth-order valence-corrected chi connectivity index (χ4v) is 1.94. The first kappa shape index (κ1) is 18.1. The molecule has 0 aliphatic heterocycles. The van der Waals surface area contributed by atoms with Crippen LogP contribution in [0, 0.1) is 5.92 Å². The summed E-state index contributed by atoms with van der Waals surface area (Å²) in [5, 5.41) is 0. The Hall–Kier alpha value is -1.91. The van der Waals surface area contributed by atoms with Crippen LogP contribution in [-0.2, 0) is 4.79 Å². The van der Waals surface area contributed by atoms with Gasteiger partial charge in [0.15, 0.2) is 5.78 Å². The molecule has 0 spiro atoms. The van der Waals surface area contributed by atoms with Crippen molar-refractivity contribution in [1.82, 2.24) is 0 Å². The van der Waals surface area contributed by atoms with Crippen molar-refractivity contribution in [3.63, 3.8) is 0 Å². The van der Waals surface area contributed by atoms with E-state index in [1.807, 2.05) is 0 Å². The molecule has 0 aromatic heterocycles. The summed E-state index contributed by atoms with van der Waals surface area (Å²) < 4.78 is 24.9. The van der Waals surface area contributed by atoms with Crippen LogP contribution in [0.25, 0.3) is 0 Å². The normalized spacial score (nSPS) is 13.3. The highest BCUT2D eigenvalue weighted by Gasteiger charge is 2.30. The third-order valence-corrected chi connectivity index (χ3v) is 3.36. The zero-order valence-electron chi connectivity index (χ0n) is 13.5. The Morgan fingerprint density at radius 2 is 1.55 bits per heavy atom. The zero-order chi connectivity index (χ0) is 16.7. The Labute approximate surface area is 130 Å². The van der Waals surface area contributed by atoms with Crippen LogP contribution in [0.5, 0.6) is 11.5 Å². The van der Waals surface area contributed by atoms with E-state index in [0.717, 1.165) is 0 Å². The highest BCUT2D eigenvalue weighted by molar-refractivity contribution is 6.13. The summed E-state index contributed by atoms with van der Waals surface area (Å²) in [6.07, 6.45) is -1.66. The lowest BCUT2D eigenvalue weighted by molar-refractivity contribution is -0.125. The number of alkyl halides is 1. The van der Waals surface area contributed by atoms with Gasteiger partial charge in [-0.25, -0.2) is 4.39 Å². The van der Waals surface area contributed by atoms with E-state index in [1.54, 1.807) is 33.8 Å². The topological polar surface area (TPSA) is 52.6 Å². The SMILES string of the molecule is CCOc1cc(OCC)cc(C(=O)C(F)C(=O)C(C)CC)c1. The molecule has 0 radical (unpaired) electrons. The maximum absolute atomic E-state index is 14.2. The number of ketones is 2. The fourth-order valence-electron chi connectivity index (χ4n) is 1.94. The van der Waals surface area contributed by atoms with Gasteiger partial charge < -0.3 is 9.47 Å². The Balaban J connectivity index is 3.07. The molecule has 122 valence electrons. The maximum Gasteiger partial charge on any atom is 0.221 e. The van der Waals surface area contributed by atoms with Gasteiger partial charge in [-0.3, -0.25) is 9.59 Å². The van der Waals surface area contributed by atoms with Crippen LogP contribution < -0.4 is 9.47 Å². The third kappa shape index (κ3) is 4.55. The number of benzene rings is 1. The monoisotopic (exact) mass is 310 g/mol. The second kappa shape index (κ2) is 8.51. The lowest BCUT2D eigenvalue weighted by atomic mass is 9.95. The molecule has 1 aromatic carbocycles. The van der Waals surface area contributed by atoms with Crippen molar-refractivity contribution < 1.29 is 23.5 Å². The van der Waals surface area contributed by atoms with Crippen LogP contribution in [0.2, 0.25) is 0 Å². The molecule has 0 N–H and O–H groups in total. The summed E-state index contributed by atoms with van der Waals surface area (Å²) in [4.78, 5) is 24.1. The largest absolute Gasteiger partial charge is 0.494 e. The molecule has 0 aliphatic rings. The van der Waals surface area contributed by atoms with Gasteiger partial charge in [0.05, 0.1) is 13.2 Å². The molecule has 2 atom stereocenters. The summed E-state index contributed by atoms with van der Waals surface area (Å²) in [6, 6.07) is 4.50. The maximum atomic E-state index is 14.2. The van der Waals surface area contributed by atoms with Crippen molar-refractivity contribution in [3.8, 4) is 11.5 Å². The summed E-state index contributed by atoms with van der Waals surface area (Å²) >= 11 is 0. The van der Waals surface area contributed by atoms with Gasteiger partial charge >= 0.3 is 0 Å². The first-order chi connectivity index (χ1) is 10.4. The number of carbonyl (C=O) groups is 2. The number of Topliss-reactive ketones (excluding diaryl/α,β-unsaturated/α-hetero) is 2. The average Bonchev–Trinajstić information content (AvgIpc) is 2.52. The van der Waals surface area contributed by atoms with Gasteiger partial charge in [-0.05, 0) is 32.4 Å². The van der Waals surface area contributed by atoms with E-state index in [0.29, 0.717) is 31.1 Å². The Bertz CT molecular complexity index is 503. The first-order valence-electron chi connectivity index (χ1n) is 7.57. The molecule has 1 rings (SSSR count). The van der Waals surface area contributed by atoms with Gasteiger partial charge in [0.25, 0.3) is 0 Å². The van der Waals surface area contributed by atoms with Crippen molar-refractivity contribution in [3.05, 3.63) is 23.8 Å². The lowest BCUT2D eigenvalue weighted by Gasteiger charge is -2.13. The van der Waals surface area contributed by atoms with E-state index in [4.69, 9.17) is 9.47 Å². The number of carbonyl (C=O) groups excluding carboxylic acids is 2. The minimum atomic E-state index is -2.15. The smallest absolute Gasteiger partial charge is 0.221 e. The van der Waals surface area contributed by atoms with E-state index in [1.165, 1.54) is 12.1 Å². The number of ether oxygens (including phenoxy) is 2. The third-order valence-electron chi connectivity index (χ3n) is 3.36. The highest BCUT2D eigenvalue weighted by atomic mass is 19.1. The minimum Gasteiger partial charge on any atom is -0.494 e. The van der Waals surface area contributed by atoms with E-state index >= 15 is 0 Å². The summed E-state index contributed by atoms with van der Waals surface area (Å²) in [6.45, 7) is 7.83. The van der Waals surface area contributed by atoms with Crippen LogP contribution in [0.1, 0.15) is 44.5 Å². The molecule has 22 heavy (non-hydrogen) atoms. The predicted octanol–water partition coefficient (Wildman–Crippen LogP) is 3.62. The Kier molecular flexibility index (Phi) is 7.02. The van der Waals surface area contributed by atoms with Gasteiger partial charge in [0, 0.05) is 17.5 Å². The average molecular weight is 310 g/mol. The quantitative estimate of drug-likeness (QED) is 0.516. The second-order valence-corrected chi connectivity index (χ2v) is 5.00. The first-order valence-corrected chi connectivity index (χ1v) is 7.57. The fraction of sp³-hybridized carbons (Fsp3) is 0.529. The lowest BCUT2D eigenvalue weighted by Crippen LogP contribution is -2.30. The molecule has 0 fully saturated rings. The zero-order valence-corrected chi connectivity index (χ0v) is 13.5. The number of hydrogen-bond donors (Lipinski definition) is 0. The van der Waals surface area contributed by atoms with Gasteiger partial charge in [0.2, 0.25) is 12.0 Å². The van der Waals surface area contributed by atoms with Gasteiger partial charge in [0.1, 0.15) is 11.5 Å². The van der Waals surface area contributed by atoms with E-state index in [-0.39, 0.29) is 5.56 Å². The molecule has 2 unspecified atom stereocenters. The molecular weight excluding hydrogens is 287 g/mol. The highest BCUT2D eigenvalue weighted by Crippen LogP contribution is 2.25. The summed E-state index contributed by atoms with van der Waals surface area (Å²) in [7, 11) is 0. The number of halogens is 1. The Morgan fingerprint density at radius 1 is 1.05 bits per heavy atom. The van der Waals surface area contributed by atoms with Gasteiger partial charge in [-0.1, -0.05) is 13.8 Å². The molecule has 5 heteroatoms. The van der Waals surface area contributed by atoms with Crippen molar-refractivity contribution in [2.45, 2.75) is 40.3 Å². The molecule has 0 aliphatic carbocycles. The number of hydrogen-bond acceptors (Lipinski definition) is 4. The van der Waals surface area contributed by atoms with Crippen LogP contribution >= 0.6 is 0 Å².